The van der Waals surface area contributed by atoms with Crippen LogP contribution in [0.25, 0.3) is 0 Å². The summed E-state index contributed by atoms with van der Waals surface area (Å²) in [6, 6.07) is 14.2. The molecule has 0 fully saturated rings. The van der Waals surface area contributed by atoms with Gasteiger partial charge in [-0.25, -0.2) is 0 Å². The van der Waals surface area contributed by atoms with Crippen LogP contribution < -0.4 is 11.3 Å². The molecule has 19 heavy (non-hydrogen) atoms. The average molecular weight is 340 g/mol. The Labute approximate surface area is 127 Å². The van der Waals surface area contributed by atoms with E-state index in [1.807, 2.05) is 18.2 Å². The minimum Gasteiger partial charge on any atom is -0.271 e. The second-order valence-corrected chi connectivity index (χ2v) is 5.87. The summed E-state index contributed by atoms with van der Waals surface area (Å²) in [5, 5.41) is 0.711. The van der Waals surface area contributed by atoms with Crippen molar-refractivity contribution in [2.24, 2.45) is 5.84 Å². The second-order valence-electron chi connectivity index (χ2n) is 4.58. The first-order chi connectivity index (χ1) is 9.10. The molecule has 0 spiro atoms. The molecule has 0 aliphatic rings. The maximum atomic E-state index is 6.06. The molecule has 2 aromatic rings. The Hall–Kier alpha value is -0.870. The lowest BCUT2D eigenvalue weighted by Gasteiger charge is -2.18. The summed E-state index contributed by atoms with van der Waals surface area (Å²) < 4.78 is 1.01. The number of benzene rings is 2. The first-order valence-electron chi connectivity index (χ1n) is 6.07. The van der Waals surface area contributed by atoms with Crippen LogP contribution in [0.15, 0.2) is 46.9 Å². The minimum atomic E-state index is 0.0230. The van der Waals surface area contributed by atoms with E-state index in [2.05, 4.69) is 52.5 Å². The summed E-state index contributed by atoms with van der Waals surface area (Å²) in [7, 11) is 0. The smallest absolute Gasteiger partial charge is 0.0511 e. The van der Waals surface area contributed by atoms with Crippen molar-refractivity contribution < 1.29 is 0 Å². The largest absolute Gasteiger partial charge is 0.271 e. The van der Waals surface area contributed by atoms with E-state index in [4.69, 9.17) is 17.4 Å². The van der Waals surface area contributed by atoms with Crippen molar-refractivity contribution in [2.75, 3.05) is 0 Å². The molecule has 1 unspecified atom stereocenters. The third-order valence-electron chi connectivity index (χ3n) is 3.06. The summed E-state index contributed by atoms with van der Waals surface area (Å²) in [6.07, 6.45) is 0.817. The van der Waals surface area contributed by atoms with Gasteiger partial charge in [0.15, 0.2) is 0 Å². The Morgan fingerprint density at radius 2 is 2.05 bits per heavy atom. The van der Waals surface area contributed by atoms with Gasteiger partial charge in [0, 0.05) is 9.50 Å². The molecule has 0 amide bonds. The SMILES string of the molecule is Cc1cccc(CC(NN)c2cc(Cl)ccc2Br)c1. The van der Waals surface area contributed by atoms with Gasteiger partial charge >= 0.3 is 0 Å². The molecule has 0 aliphatic carbocycles. The van der Waals surface area contributed by atoms with Crippen LogP contribution in [0.4, 0.5) is 0 Å². The van der Waals surface area contributed by atoms with Crippen LogP contribution >= 0.6 is 27.5 Å². The minimum absolute atomic E-state index is 0.0230. The van der Waals surface area contributed by atoms with Gasteiger partial charge < -0.3 is 0 Å². The van der Waals surface area contributed by atoms with Crippen molar-refractivity contribution in [3.05, 3.63) is 68.7 Å². The Bertz CT molecular complexity index is 572. The van der Waals surface area contributed by atoms with Gasteiger partial charge in [-0.1, -0.05) is 57.4 Å². The van der Waals surface area contributed by atoms with E-state index >= 15 is 0 Å². The lowest BCUT2D eigenvalue weighted by molar-refractivity contribution is 0.550. The van der Waals surface area contributed by atoms with Gasteiger partial charge in [0.25, 0.3) is 0 Å². The molecular formula is C15H16BrClN2. The highest BCUT2D eigenvalue weighted by molar-refractivity contribution is 9.10. The molecule has 1 atom stereocenters. The Morgan fingerprint density at radius 3 is 2.74 bits per heavy atom. The lowest BCUT2D eigenvalue weighted by Crippen LogP contribution is -2.29. The molecular weight excluding hydrogens is 324 g/mol. The molecule has 0 heterocycles. The molecule has 2 aromatic carbocycles. The zero-order chi connectivity index (χ0) is 13.8. The fraction of sp³-hybridized carbons (Fsp3) is 0.200. The first kappa shape index (κ1) is 14.5. The van der Waals surface area contributed by atoms with Gasteiger partial charge in [-0.3, -0.25) is 11.3 Å². The highest BCUT2D eigenvalue weighted by atomic mass is 79.9. The highest BCUT2D eigenvalue weighted by Crippen LogP contribution is 2.28. The number of nitrogens with two attached hydrogens (primary N) is 1. The van der Waals surface area contributed by atoms with Crippen molar-refractivity contribution >= 4 is 27.5 Å². The Morgan fingerprint density at radius 1 is 1.26 bits per heavy atom. The molecule has 3 N–H and O–H groups in total. The van der Waals surface area contributed by atoms with Crippen molar-refractivity contribution in [3.8, 4) is 0 Å². The van der Waals surface area contributed by atoms with Crippen LogP contribution in [0.2, 0.25) is 5.02 Å². The third kappa shape index (κ3) is 3.80. The molecule has 100 valence electrons. The van der Waals surface area contributed by atoms with E-state index in [1.54, 1.807) is 0 Å². The van der Waals surface area contributed by atoms with Gasteiger partial charge in [-0.2, -0.15) is 0 Å². The summed E-state index contributed by atoms with van der Waals surface area (Å²) in [4.78, 5) is 0. The van der Waals surface area contributed by atoms with E-state index in [0.717, 1.165) is 16.5 Å². The third-order valence-corrected chi connectivity index (χ3v) is 4.01. The van der Waals surface area contributed by atoms with Gasteiger partial charge in [-0.05, 0) is 42.7 Å². The maximum absolute atomic E-state index is 6.06. The molecule has 0 radical (unpaired) electrons. The van der Waals surface area contributed by atoms with Crippen LogP contribution in [0.5, 0.6) is 0 Å². The van der Waals surface area contributed by atoms with E-state index in [1.165, 1.54) is 11.1 Å². The average Bonchev–Trinajstić information content (AvgIpc) is 2.39. The van der Waals surface area contributed by atoms with Crippen LogP contribution in [-0.4, -0.2) is 0 Å². The van der Waals surface area contributed by atoms with Gasteiger partial charge in [0.2, 0.25) is 0 Å². The quantitative estimate of drug-likeness (QED) is 0.648. The van der Waals surface area contributed by atoms with E-state index in [0.29, 0.717) is 5.02 Å². The monoisotopic (exact) mass is 338 g/mol. The second kappa shape index (κ2) is 6.53. The maximum Gasteiger partial charge on any atom is 0.0511 e. The molecule has 2 nitrogen and oxygen atoms in total. The predicted molar refractivity (Wildman–Crippen MR) is 84.1 cm³/mol. The van der Waals surface area contributed by atoms with Crippen LogP contribution in [-0.2, 0) is 6.42 Å². The summed E-state index contributed by atoms with van der Waals surface area (Å²) >= 11 is 9.60. The van der Waals surface area contributed by atoms with E-state index in [9.17, 15) is 0 Å². The molecule has 0 aromatic heterocycles. The highest BCUT2D eigenvalue weighted by Gasteiger charge is 2.14. The number of rotatable bonds is 4. The van der Waals surface area contributed by atoms with Crippen LogP contribution in [0.1, 0.15) is 22.7 Å². The van der Waals surface area contributed by atoms with E-state index in [-0.39, 0.29) is 6.04 Å². The number of hydrogen-bond donors (Lipinski definition) is 2. The topological polar surface area (TPSA) is 38.0 Å². The molecule has 0 saturated carbocycles. The number of aryl methyl sites for hydroxylation is 1. The van der Waals surface area contributed by atoms with Gasteiger partial charge in [0.1, 0.15) is 0 Å². The standard InChI is InChI=1S/C15H16BrClN2/c1-10-3-2-4-11(7-10)8-15(19-18)13-9-12(17)5-6-14(13)16/h2-7,9,15,19H,8,18H2,1H3. The van der Waals surface area contributed by atoms with Crippen molar-refractivity contribution in [1.29, 1.82) is 0 Å². The molecule has 2 rings (SSSR count). The first-order valence-corrected chi connectivity index (χ1v) is 7.24. The summed E-state index contributed by atoms with van der Waals surface area (Å²) in [6.45, 7) is 2.09. The van der Waals surface area contributed by atoms with Crippen molar-refractivity contribution in [1.82, 2.24) is 5.43 Å². The Kier molecular flexibility index (Phi) is 4.99. The number of nitrogens with one attached hydrogen (secondary N) is 1. The molecule has 0 aliphatic heterocycles. The molecule has 4 heteroatoms. The van der Waals surface area contributed by atoms with Crippen molar-refractivity contribution in [2.45, 2.75) is 19.4 Å². The predicted octanol–water partition coefficient (Wildman–Crippen LogP) is 4.16. The number of hydrogen-bond acceptors (Lipinski definition) is 2. The fourth-order valence-electron chi connectivity index (χ4n) is 2.12. The fourth-order valence-corrected chi connectivity index (χ4v) is 2.82. The summed E-state index contributed by atoms with van der Waals surface area (Å²) in [5.74, 6) is 5.70. The number of hydrazine groups is 1. The Balaban J connectivity index is 2.27. The lowest BCUT2D eigenvalue weighted by atomic mass is 9.98. The summed E-state index contributed by atoms with van der Waals surface area (Å²) in [5.41, 5.74) is 6.43. The zero-order valence-corrected chi connectivity index (χ0v) is 13.0. The van der Waals surface area contributed by atoms with E-state index < -0.39 is 0 Å². The number of halogens is 2. The molecule has 0 bridgehead atoms. The zero-order valence-electron chi connectivity index (χ0n) is 10.7. The van der Waals surface area contributed by atoms with Gasteiger partial charge in [-0.15, -0.1) is 0 Å². The van der Waals surface area contributed by atoms with Crippen LogP contribution in [0, 0.1) is 6.92 Å². The van der Waals surface area contributed by atoms with Crippen LogP contribution in [0.3, 0.4) is 0 Å². The molecule has 0 saturated heterocycles. The van der Waals surface area contributed by atoms with Gasteiger partial charge in [0.05, 0.1) is 6.04 Å². The van der Waals surface area contributed by atoms with Crippen molar-refractivity contribution in [3.63, 3.8) is 0 Å². The normalized spacial score (nSPS) is 12.4.